The smallest absolute Gasteiger partial charge is 0.274 e. The van der Waals surface area contributed by atoms with Gasteiger partial charge in [-0.2, -0.15) is 0 Å². The molecule has 7 nitrogen and oxygen atoms in total. The maximum atomic E-state index is 12.9. The fourth-order valence-corrected chi connectivity index (χ4v) is 5.69. The number of fused-ring (bicyclic) bond motifs is 1. The highest BCUT2D eigenvalue weighted by Crippen LogP contribution is 2.30. The number of rotatable bonds is 6. The van der Waals surface area contributed by atoms with Crippen LogP contribution >= 0.6 is 11.3 Å². The Morgan fingerprint density at radius 1 is 1.00 bits per heavy atom. The van der Waals surface area contributed by atoms with Crippen LogP contribution in [0.25, 0.3) is 10.2 Å². The molecular weight excluding hydrogens is 458 g/mol. The van der Waals surface area contributed by atoms with Crippen molar-refractivity contribution >= 4 is 43.2 Å². The van der Waals surface area contributed by atoms with Crippen LogP contribution in [0.15, 0.2) is 83.8 Å². The van der Waals surface area contributed by atoms with Crippen LogP contribution in [-0.2, 0) is 10.0 Å². The summed E-state index contributed by atoms with van der Waals surface area (Å²) in [4.78, 5) is 19.1. The van der Waals surface area contributed by atoms with Crippen molar-refractivity contribution in [3.05, 3.63) is 84.4 Å². The summed E-state index contributed by atoms with van der Waals surface area (Å²) < 4.78 is 34.0. The Morgan fingerprint density at radius 3 is 2.36 bits per heavy atom. The van der Waals surface area contributed by atoms with E-state index in [4.69, 9.17) is 4.74 Å². The second-order valence-electron chi connectivity index (χ2n) is 7.73. The molecule has 4 aromatic rings. The van der Waals surface area contributed by atoms with E-state index in [2.05, 4.69) is 4.98 Å². The highest BCUT2D eigenvalue weighted by atomic mass is 32.2. The quantitative estimate of drug-likeness (QED) is 0.417. The molecule has 3 aromatic carbocycles. The van der Waals surface area contributed by atoms with Gasteiger partial charge in [0.05, 0.1) is 33.9 Å². The van der Waals surface area contributed by atoms with Crippen LogP contribution < -0.4 is 9.04 Å². The molecule has 0 unspecified atom stereocenters. The van der Waals surface area contributed by atoms with E-state index in [1.807, 2.05) is 30.3 Å². The molecule has 168 valence electrons. The normalized spacial score (nSPS) is 14.2. The highest BCUT2D eigenvalue weighted by molar-refractivity contribution is 7.92. The number of likely N-dealkylation sites (tertiary alicyclic amines) is 1. The van der Waals surface area contributed by atoms with Gasteiger partial charge in [-0.1, -0.05) is 41.7 Å². The summed E-state index contributed by atoms with van der Waals surface area (Å²) in [6.07, 6.45) is -0.103. The zero-order valence-corrected chi connectivity index (χ0v) is 19.4. The number of ether oxygens (including phenoxy) is 1. The third kappa shape index (κ3) is 4.17. The molecule has 1 aliphatic rings. The zero-order valence-electron chi connectivity index (χ0n) is 17.8. The van der Waals surface area contributed by atoms with Crippen molar-refractivity contribution in [1.29, 1.82) is 0 Å². The molecule has 1 aliphatic heterocycles. The molecule has 5 rings (SSSR count). The first-order valence-corrected chi connectivity index (χ1v) is 12.6. The number of nitrogens with zero attached hydrogens (tertiary/aromatic N) is 3. The number of amides is 1. The predicted octanol–water partition coefficient (Wildman–Crippen LogP) is 4.02. The maximum absolute atomic E-state index is 12.9. The summed E-state index contributed by atoms with van der Waals surface area (Å²) in [5.74, 6) is -0.153. The van der Waals surface area contributed by atoms with Crippen LogP contribution in [0.5, 0.6) is 5.19 Å². The molecule has 1 aromatic heterocycles. The molecule has 0 atom stereocenters. The number of hydrogen-bond donors (Lipinski definition) is 0. The van der Waals surface area contributed by atoms with E-state index in [0.29, 0.717) is 29.5 Å². The summed E-state index contributed by atoms with van der Waals surface area (Å²) in [7, 11) is -2.21. The molecule has 2 heterocycles. The number of thiazole rings is 1. The lowest BCUT2D eigenvalue weighted by Crippen LogP contribution is -2.56. The van der Waals surface area contributed by atoms with E-state index >= 15 is 0 Å². The summed E-state index contributed by atoms with van der Waals surface area (Å²) in [6, 6.07) is 22.7. The van der Waals surface area contributed by atoms with Crippen molar-refractivity contribution in [2.45, 2.75) is 11.0 Å². The number of benzene rings is 3. The number of anilines is 1. The minimum absolute atomic E-state index is 0.103. The fraction of sp³-hybridized carbons (Fsp3) is 0.167. The van der Waals surface area contributed by atoms with Crippen molar-refractivity contribution in [1.82, 2.24) is 9.88 Å². The van der Waals surface area contributed by atoms with Gasteiger partial charge in [-0.15, -0.1) is 0 Å². The van der Waals surface area contributed by atoms with E-state index in [1.54, 1.807) is 41.3 Å². The van der Waals surface area contributed by atoms with E-state index in [1.165, 1.54) is 34.8 Å². The minimum Gasteiger partial charge on any atom is -0.463 e. The second-order valence-corrected chi connectivity index (χ2v) is 10.7. The van der Waals surface area contributed by atoms with Crippen molar-refractivity contribution in [3.63, 3.8) is 0 Å². The molecule has 0 saturated carbocycles. The Hall–Kier alpha value is -3.43. The van der Waals surface area contributed by atoms with Crippen molar-refractivity contribution < 1.29 is 17.9 Å². The molecule has 1 saturated heterocycles. The monoisotopic (exact) mass is 479 g/mol. The average molecular weight is 480 g/mol. The Morgan fingerprint density at radius 2 is 1.67 bits per heavy atom. The van der Waals surface area contributed by atoms with Crippen molar-refractivity contribution in [2.24, 2.45) is 0 Å². The number of sulfonamides is 1. The number of carbonyl (C=O) groups is 1. The van der Waals surface area contributed by atoms with Crippen LogP contribution in [0.3, 0.4) is 0 Å². The molecular formula is C24H21N3O4S2. The predicted molar refractivity (Wildman–Crippen MR) is 128 cm³/mol. The summed E-state index contributed by atoms with van der Waals surface area (Å²) >= 11 is 1.49. The van der Waals surface area contributed by atoms with Gasteiger partial charge in [0.15, 0.2) is 0 Å². The lowest BCUT2D eigenvalue weighted by molar-refractivity contribution is 0.0178. The standard InChI is InChI=1S/C24H21N3O4S2/c1-26(18-7-3-2-4-8-18)33(29,30)20-13-11-17(12-14-20)23(28)27-15-19(16-27)31-24-25-21-9-5-6-10-22(21)32-24/h2-14,19H,15-16H2,1H3. The first-order valence-electron chi connectivity index (χ1n) is 10.4. The molecule has 1 fully saturated rings. The average Bonchev–Trinajstić information content (AvgIpc) is 3.23. The lowest BCUT2D eigenvalue weighted by atomic mass is 10.1. The molecule has 0 bridgehead atoms. The van der Waals surface area contributed by atoms with Gasteiger partial charge in [0.25, 0.3) is 21.1 Å². The van der Waals surface area contributed by atoms with Crippen LogP contribution in [0, 0.1) is 0 Å². The molecule has 33 heavy (non-hydrogen) atoms. The van der Waals surface area contributed by atoms with E-state index in [-0.39, 0.29) is 16.9 Å². The van der Waals surface area contributed by atoms with Crippen LogP contribution in [0.1, 0.15) is 10.4 Å². The Bertz CT molecular complexity index is 1360. The summed E-state index contributed by atoms with van der Waals surface area (Å²) in [5.41, 5.74) is 1.91. The van der Waals surface area contributed by atoms with Gasteiger partial charge in [0.1, 0.15) is 6.10 Å². The Balaban J connectivity index is 1.21. The number of aromatic nitrogens is 1. The largest absolute Gasteiger partial charge is 0.463 e. The highest BCUT2D eigenvalue weighted by Gasteiger charge is 2.33. The van der Waals surface area contributed by atoms with E-state index in [0.717, 1.165) is 10.2 Å². The van der Waals surface area contributed by atoms with E-state index < -0.39 is 10.0 Å². The van der Waals surface area contributed by atoms with Gasteiger partial charge in [0, 0.05) is 12.6 Å². The first-order chi connectivity index (χ1) is 15.9. The Kier molecular flexibility index (Phi) is 5.51. The molecule has 0 aliphatic carbocycles. The molecule has 9 heteroatoms. The number of carbonyl (C=O) groups excluding carboxylic acids is 1. The van der Waals surface area contributed by atoms with Gasteiger partial charge in [-0.25, -0.2) is 13.4 Å². The minimum atomic E-state index is -3.72. The zero-order chi connectivity index (χ0) is 23.0. The fourth-order valence-electron chi connectivity index (χ4n) is 3.61. The summed E-state index contributed by atoms with van der Waals surface area (Å²) in [6.45, 7) is 0.928. The van der Waals surface area contributed by atoms with Gasteiger partial charge in [-0.05, 0) is 48.5 Å². The topological polar surface area (TPSA) is 79.8 Å². The maximum Gasteiger partial charge on any atom is 0.274 e. The molecule has 0 radical (unpaired) electrons. The summed E-state index contributed by atoms with van der Waals surface area (Å²) in [5, 5.41) is 0.602. The third-order valence-corrected chi connectivity index (χ3v) is 8.28. The van der Waals surface area contributed by atoms with Crippen LogP contribution in [0.2, 0.25) is 0 Å². The van der Waals surface area contributed by atoms with Gasteiger partial charge in [-0.3, -0.25) is 9.10 Å². The number of para-hydroxylation sites is 2. The number of hydrogen-bond acceptors (Lipinski definition) is 6. The van der Waals surface area contributed by atoms with Crippen LogP contribution in [-0.4, -0.2) is 50.5 Å². The Labute approximate surface area is 195 Å². The van der Waals surface area contributed by atoms with Gasteiger partial charge >= 0.3 is 0 Å². The molecule has 0 spiro atoms. The SMILES string of the molecule is CN(c1ccccc1)S(=O)(=O)c1ccc(C(=O)N2CC(Oc3nc4ccccc4s3)C2)cc1. The second kappa shape index (κ2) is 8.49. The van der Waals surface area contributed by atoms with Crippen LogP contribution in [0.4, 0.5) is 5.69 Å². The molecule has 0 N–H and O–H groups in total. The van der Waals surface area contributed by atoms with Crippen molar-refractivity contribution in [3.8, 4) is 5.19 Å². The van der Waals surface area contributed by atoms with Gasteiger partial charge < -0.3 is 9.64 Å². The lowest BCUT2D eigenvalue weighted by Gasteiger charge is -2.38. The first kappa shape index (κ1) is 21.4. The molecule has 1 amide bonds. The van der Waals surface area contributed by atoms with E-state index in [9.17, 15) is 13.2 Å². The van der Waals surface area contributed by atoms with Gasteiger partial charge in [0.2, 0.25) is 0 Å². The third-order valence-electron chi connectivity index (χ3n) is 5.56. The van der Waals surface area contributed by atoms with Crippen molar-refractivity contribution in [2.75, 3.05) is 24.4 Å².